The summed E-state index contributed by atoms with van der Waals surface area (Å²) in [5.41, 5.74) is 18.3. The lowest BCUT2D eigenvalue weighted by Gasteiger charge is -2.43. The number of ketones is 2. The molecule has 2 bridgehead atoms. The molecule has 4 aliphatic rings. The number of cyclic esters (lactones) is 1. The normalized spacial score (nSPS) is 27.2. The number of esters is 1. The fourth-order valence-corrected chi connectivity index (χ4v) is 16.3. The number of nitrogens with two attached hydrogens (primary N) is 2. The van der Waals surface area contributed by atoms with Crippen molar-refractivity contribution >= 4 is 69.4 Å². The van der Waals surface area contributed by atoms with Gasteiger partial charge in [-0.3, -0.25) is 19.2 Å². The van der Waals surface area contributed by atoms with Crippen molar-refractivity contribution in [1.29, 1.82) is 0 Å². The van der Waals surface area contributed by atoms with Crippen LogP contribution in [0.5, 0.6) is 0 Å². The van der Waals surface area contributed by atoms with Crippen molar-refractivity contribution in [2.75, 3.05) is 152 Å². The number of piperidine rings is 1. The molecule has 3 aromatic heterocycles. The van der Waals surface area contributed by atoms with E-state index in [9.17, 15) is 44.1 Å². The van der Waals surface area contributed by atoms with Crippen LogP contribution in [-0.2, 0) is 103 Å². The van der Waals surface area contributed by atoms with Gasteiger partial charge in [-0.05, 0) is 136 Å². The van der Waals surface area contributed by atoms with E-state index in [-0.39, 0.29) is 81.7 Å². The summed E-state index contributed by atoms with van der Waals surface area (Å²) in [6.45, 7) is 19.6. The number of amides is 3. The summed E-state index contributed by atoms with van der Waals surface area (Å²) in [7, 11) is 4.68. The number of hydrogen-bond acceptors (Lipinski definition) is 30. The summed E-state index contributed by atoms with van der Waals surface area (Å²) >= 11 is 0. The van der Waals surface area contributed by atoms with Crippen molar-refractivity contribution < 1.29 is 115 Å². The van der Waals surface area contributed by atoms with Gasteiger partial charge in [-0.1, -0.05) is 95.3 Å². The molecule has 1 aliphatic carbocycles. The Morgan fingerprint density at radius 1 is 0.672 bits per heavy atom. The van der Waals surface area contributed by atoms with Gasteiger partial charge in [0.05, 0.1) is 142 Å². The van der Waals surface area contributed by atoms with E-state index in [1.54, 1.807) is 51.8 Å². The quantitative estimate of drug-likeness (QED) is 0.00836. The first-order valence-electron chi connectivity index (χ1n) is 44.0. The van der Waals surface area contributed by atoms with Crippen LogP contribution >= 0.6 is 0 Å². The number of oxazole rings is 1. The molecule has 3 aliphatic heterocycles. The van der Waals surface area contributed by atoms with E-state index < -0.39 is 108 Å². The van der Waals surface area contributed by atoms with E-state index in [1.165, 1.54) is 18.3 Å². The Balaban J connectivity index is 0.596. The lowest BCUT2D eigenvalue weighted by molar-refractivity contribution is -0.265. The minimum absolute atomic E-state index is 0.0315. The Morgan fingerprint density at radius 2 is 1.31 bits per heavy atom. The predicted octanol–water partition coefficient (Wildman–Crippen LogP) is 8.71. The monoisotopic (exact) mass is 1750 g/mol. The number of nitrogens with zero attached hydrogens (tertiary/aromatic N) is 6. The Bertz CT molecular complexity index is 4310. The third-order valence-electron chi connectivity index (χ3n) is 23.6. The number of nitrogen functional groups attached to an aromatic ring is 2. The third kappa shape index (κ3) is 30.9. The van der Waals surface area contributed by atoms with Crippen molar-refractivity contribution in [3.05, 3.63) is 108 Å². The van der Waals surface area contributed by atoms with E-state index in [1.807, 2.05) is 94.5 Å². The number of carbonyl (C=O) groups is 6. The number of anilines is 2. The fourth-order valence-electron chi connectivity index (χ4n) is 16.3. The number of benzene rings is 2. The number of aliphatic hydroxyl groups is 3. The summed E-state index contributed by atoms with van der Waals surface area (Å²) in [4.78, 5) is 97.4. The topological polar surface area (TPSA) is 441 Å². The number of alkyl carbamates (subject to hydrolysis) is 1. The Hall–Kier alpha value is -8.56. The maximum absolute atomic E-state index is 14.9. The van der Waals surface area contributed by atoms with Crippen LogP contribution in [0.25, 0.3) is 33.4 Å². The second kappa shape index (κ2) is 52.0. The molecule has 16 atom stereocenters. The van der Waals surface area contributed by atoms with Gasteiger partial charge in [-0.2, -0.15) is 10.1 Å². The SMILES string of the molecule is CO[C@H]1C[C@@H]2CC[C@@H](C)[C@@](O)(O2)C(=O)C(=O)N2CCCC[C@H]2C(=O)O[C@H]([C@H](C)C[C@@H]2CC[C@@H](OC(=O)NCCOCCOCCOCCOCCOCCOCCOCCOCCC(=O)NCc3ccc(Cn4nc(-c5ccc6oc(N)nc6c5)c5c(N)ncnc54)cc3)[C@H](OC)C2)C[C@@H](OC)[C@H](C)/C=C(\C)[C@@H](O)[C@@H](O)C(=O)[C@H](C)C[C@H](C)/C=C/C=C/C=C/1C. The molecule has 692 valence electrons. The number of carbonyl (C=O) groups excluding carboxylic acids is 6. The van der Waals surface area contributed by atoms with E-state index in [0.29, 0.717) is 203 Å². The fraction of sp³-hybridized carbons (Fsp3) is 0.648. The molecule has 34 nitrogen and oxygen atoms in total. The molecule has 9 N–H and O–H groups in total. The zero-order valence-corrected chi connectivity index (χ0v) is 74.3. The van der Waals surface area contributed by atoms with Gasteiger partial charge in [0.15, 0.2) is 17.0 Å². The van der Waals surface area contributed by atoms with Gasteiger partial charge in [-0.15, -0.1) is 0 Å². The zero-order chi connectivity index (χ0) is 89.8. The van der Waals surface area contributed by atoms with Crippen molar-refractivity contribution in [2.24, 2.45) is 35.5 Å². The van der Waals surface area contributed by atoms with Crippen LogP contribution in [0.1, 0.15) is 143 Å². The van der Waals surface area contributed by atoms with Crippen LogP contribution in [-0.4, -0.2) is 281 Å². The van der Waals surface area contributed by atoms with Crippen molar-refractivity contribution in [3.8, 4) is 11.3 Å². The van der Waals surface area contributed by atoms with Crippen LogP contribution < -0.4 is 22.1 Å². The van der Waals surface area contributed by atoms with E-state index in [0.717, 1.165) is 22.3 Å². The zero-order valence-electron chi connectivity index (χ0n) is 74.3. The number of rotatable bonds is 39. The highest BCUT2D eigenvalue weighted by Crippen LogP contribution is 2.40. The molecule has 2 saturated heterocycles. The molecule has 0 unspecified atom stereocenters. The van der Waals surface area contributed by atoms with E-state index >= 15 is 0 Å². The molecule has 3 amide bonds. The van der Waals surface area contributed by atoms with Gasteiger partial charge in [0, 0.05) is 83.5 Å². The first kappa shape index (κ1) is 100. The van der Waals surface area contributed by atoms with Crippen LogP contribution in [0.3, 0.4) is 0 Å². The number of nitrogens with one attached hydrogen (secondary N) is 2. The molecule has 6 heterocycles. The van der Waals surface area contributed by atoms with Gasteiger partial charge in [0.1, 0.15) is 53.8 Å². The summed E-state index contributed by atoms with van der Waals surface area (Å²) in [6.07, 6.45) is 10.8. The second-order valence-corrected chi connectivity index (χ2v) is 33.0. The van der Waals surface area contributed by atoms with Gasteiger partial charge in [-0.25, -0.2) is 24.2 Å². The molecular formula is C91H134N10O24. The minimum atomic E-state index is -2.46. The van der Waals surface area contributed by atoms with E-state index in [4.69, 9.17) is 87.3 Å². The van der Waals surface area contributed by atoms with Gasteiger partial charge in [0.2, 0.25) is 11.7 Å². The molecule has 0 radical (unpaired) electrons. The van der Waals surface area contributed by atoms with Crippen LogP contribution in [0, 0.1) is 35.5 Å². The molecule has 3 fully saturated rings. The predicted molar refractivity (Wildman–Crippen MR) is 464 cm³/mol. The highest BCUT2D eigenvalue weighted by Gasteiger charge is 2.53. The first-order valence-corrected chi connectivity index (χ1v) is 44.0. The molecule has 9 rings (SSSR count). The summed E-state index contributed by atoms with van der Waals surface area (Å²) in [6, 6.07) is 12.3. The first-order chi connectivity index (χ1) is 60.3. The number of ether oxygens (including phenoxy) is 14. The van der Waals surface area contributed by atoms with Crippen LogP contribution in [0.2, 0.25) is 0 Å². The van der Waals surface area contributed by atoms with Crippen molar-refractivity contribution in [2.45, 2.75) is 206 Å². The summed E-state index contributed by atoms with van der Waals surface area (Å²) in [5, 5.41) is 46.1. The number of fused-ring (bicyclic) bond motifs is 5. The second-order valence-electron chi connectivity index (χ2n) is 33.0. The largest absolute Gasteiger partial charge is 0.460 e. The number of hydrogen-bond donors (Lipinski definition) is 7. The lowest BCUT2D eigenvalue weighted by Crippen LogP contribution is -2.61. The molecule has 2 aromatic carbocycles. The number of aliphatic hydroxyl groups excluding tert-OH is 2. The van der Waals surface area contributed by atoms with Crippen LogP contribution in [0.15, 0.2) is 101 Å². The Morgan fingerprint density at radius 3 is 1.96 bits per heavy atom. The van der Waals surface area contributed by atoms with Gasteiger partial charge >= 0.3 is 12.1 Å². The third-order valence-corrected chi connectivity index (χ3v) is 23.6. The molecule has 125 heavy (non-hydrogen) atoms. The van der Waals surface area contributed by atoms with Gasteiger partial charge < -0.3 is 113 Å². The minimum Gasteiger partial charge on any atom is -0.460 e. The number of Topliss-reactive ketones (excluding diaryl/α,β-unsaturated/α-hetero) is 2. The van der Waals surface area contributed by atoms with Crippen molar-refractivity contribution in [3.63, 3.8) is 0 Å². The highest BCUT2D eigenvalue weighted by molar-refractivity contribution is 6.39. The maximum atomic E-state index is 14.9. The molecular weight excluding hydrogens is 1620 g/mol. The van der Waals surface area contributed by atoms with Gasteiger partial charge in [0.25, 0.3) is 17.7 Å². The lowest BCUT2D eigenvalue weighted by atomic mass is 9.78. The number of methoxy groups -OCH3 is 3. The smallest absolute Gasteiger partial charge is 0.407 e. The van der Waals surface area contributed by atoms with Crippen LogP contribution in [0.4, 0.5) is 16.6 Å². The summed E-state index contributed by atoms with van der Waals surface area (Å²) in [5.74, 6) is -7.75. The Labute approximate surface area is 732 Å². The number of allylic oxidation sites excluding steroid dienone is 5. The van der Waals surface area contributed by atoms with E-state index in [2.05, 4.69) is 25.6 Å². The average molecular weight is 1750 g/mol. The Kier molecular flexibility index (Phi) is 41.7. The summed E-state index contributed by atoms with van der Waals surface area (Å²) < 4.78 is 88.7. The molecule has 34 heteroatoms. The average Bonchev–Trinajstić information content (AvgIpc) is 1.38. The molecule has 5 aromatic rings. The maximum Gasteiger partial charge on any atom is 0.407 e. The molecule has 0 spiro atoms. The molecule has 1 saturated carbocycles. The highest BCUT2D eigenvalue weighted by atomic mass is 16.6. The van der Waals surface area contributed by atoms with Crippen molar-refractivity contribution in [1.82, 2.24) is 40.3 Å². The number of aromatic nitrogens is 5. The standard InChI is InChI=1S/C91H134N10O24/c1-58-16-12-11-13-17-59(2)74(111-8)53-69-26-19-64(7)91(110,125-69)84(106)87(107)100-31-15-14-18-71(100)88(108)122-76(54-75(112-9)60(3)49-63(6)82(104)83(105)81(103)62(5)48-58)61(4)50-67-24-27-73(77(51-67)113-10)124-90(109)94-30-33-115-35-37-117-39-41-119-43-45-121-47-46-120-44-42-118-40-38-116-36-34-114-32-29-78(102)95-55-65-20-22-66(23-21-65)56-101-86-79(85(92)96-57-97-86)80(99-101)68-25-28-72-70(52-68)98-89(93)123-72/h11-13,16-17,20-23,25,28,49,52,57-58,60-62,64,67,69,71,73-77,82-83,104-105,110H,14-15,18-19,24,26-27,29-48,50-51,53-56H2,1-10H3,(H2,93,98)(H,94,109)(H,95,102)(H2,92,96,97)/b13-11+,16-12+,59-17+,63-49+/t58-,60-,61-,62-,64-,67+,69+,71+,73-,74+,75-,76+,77-,82-,83+,91-/m1/s1.